The van der Waals surface area contributed by atoms with Crippen LogP contribution in [-0.4, -0.2) is 10.1 Å². The van der Waals surface area contributed by atoms with Crippen LogP contribution >= 0.6 is 0 Å². The van der Waals surface area contributed by atoms with Crippen LogP contribution in [0.2, 0.25) is 0 Å². The standard InChI is InChI=1S/C11H10FNO2/c12-9-3-1-2-8(4-9)5-11-13-10(6-14)7-15-11/h1-4,7,14H,5-6H2. The number of rotatable bonds is 3. The highest BCUT2D eigenvalue weighted by Crippen LogP contribution is 2.10. The van der Waals surface area contributed by atoms with Crippen molar-refractivity contribution >= 4 is 0 Å². The second-order valence-electron chi connectivity index (χ2n) is 3.20. The number of nitrogens with zero attached hydrogens (tertiary/aromatic N) is 1. The van der Waals surface area contributed by atoms with Crippen molar-refractivity contribution in [3.05, 3.63) is 53.5 Å². The van der Waals surface area contributed by atoms with Gasteiger partial charge in [-0.05, 0) is 17.7 Å². The quantitative estimate of drug-likeness (QED) is 0.836. The summed E-state index contributed by atoms with van der Waals surface area (Å²) in [4.78, 5) is 4.01. The topological polar surface area (TPSA) is 46.3 Å². The second kappa shape index (κ2) is 4.23. The third-order valence-corrected chi connectivity index (χ3v) is 2.01. The first kappa shape index (κ1) is 9.86. The zero-order chi connectivity index (χ0) is 10.7. The van der Waals surface area contributed by atoms with E-state index >= 15 is 0 Å². The Balaban J connectivity index is 2.14. The predicted octanol–water partition coefficient (Wildman–Crippen LogP) is 1.90. The summed E-state index contributed by atoms with van der Waals surface area (Å²) in [5.41, 5.74) is 1.28. The Labute approximate surface area is 86.2 Å². The van der Waals surface area contributed by atoms with Gasteiger partial charge in [0.05, 0.1) is 6.61 Å². The summed E-state index contributed by atoms with van der Waals surface area (Å²) in [6.07, 6.45) is 1.83. The first-order chi connectivity index (χ1) is 7.28. The molecule has 2 aromatic rings. The fourth-order valence-electron chi connectivity index (χ4n) is 1.32. The molecule has 4 heteroatoms. The SMILES string of the molecule is OCc1coc(Cc2cccc(F)c2)n1. The van der Waals surface area contributed by atoms with Gasteiger partial charge in [0, 0.05) is 6.42 Å². The Morgan fingerprint density at radius 2 is 2.27 bits per heavy atom. The zero-order valence-electron chi connectivity index (χ0n) is 7.98. The highest BCUT2D eigenvalue weighted by atomic mass is 19.1. The predicted molar refractivity (Wildman–Crippen MR) is 51.6 cm³/mol. The van der Waals surface area contributed by atoms with Crippen molar-refractivity contribution in [2.45, 2.75) is 13.0 Å². The molecule has 0 aliphatic rings. The Hall–Kier alpha value is -1.68. The van der Waals surface area contributed by atoms with Gasteiger partial charge in [-0.25, -0.2) is 9.37 Å². The van der Waals surface area contributed by atoms with Crippen LogP contribution in [0.5, 0.6) is 0 Å². The Morgan fingerprint density at radius 1 is 1.40 bits per heavy atom. The Kier molecular flexibility index (Phi) is 2.78. The van der Waals surface area contributed by atoms with E-state index in [1.54, 1.807) is 12.1 Å². The normalized spacial score (nSPS) is 10.5. The lowest BCUT2D eigenvalue weighted by molar-refractivity contribution is 0.276. The largest absolute Gasteiger partial charge is 0.448 e. The number of aromatic nitrogens is 1. The van der Waals surface area contributed by atoms with Crippen LogP contribution in [0.15, 0.2) is 34.9 Å². The van der Waals surface area contributed by atoms with Gasteiger partial charge < -0.3 is 9.52 Å². The lowest BCUT2D eigenvalue weighted by Gasteiger charge is -1.96. The maximum absolute atomic E-state index is 12.9. The summed E-state index contributed by atoms with van der Waals surface area (Å²) in [6, 6.07) is 6.26. The van der Waals surface area contributed by atoms with Gasteiger partial charge in [0.15, 0.2) is 5.89 Å². The number of halogens is 1. The molecule has 0 atom stereocenters. The fraction of sp³-hybridized carbons (Fsp3) is 0.182. The van der Waals surface area contributed by atoms with Crippen molar-refractivity contribution < 1.29 is 13.9 Å². The smallest absolute Gasteiger partial charge is 0.198 e. The van der Waals surface area contributed by atoms with Crippen molar-refractivity contribution in [2.24, 2.45) is 0 Å². The third-order valence-electron chi connectivity index (χ3n) is 2.01. The first-order valence-electron chi connectivity index (χ1n) is 4.56. The molecule has 78 valence electrons. The molecule has 0 radical (unpaired) electrons. The van der Waals surface area contributed by atoms with Crippen LogP contribution in [-0.2, 0) is 13.0 Å². The minimum absolute atomic E-state index is 0.146. The number of aliphatic hydroxyl groups is 1. The van der Waals surface area contributed by atoms with E-state index in [1.165, 1.54) is 18.4 Å². The molecule has 0 unspecified atom stereocenters. The number of hydrogen-bond acceptors (Lipinski definition) is 3. The van der Waals surface area contributed by atoms with Gasteiger partial charge in [-0.3, -0.25) is 0 Å². The van der Waals surface area contributed by atoms with E-state index in [-0.39, 0.29) is 12.4 Å². The monoisotopic (exact) mass is 207 g/mol. The van der Waals surface area contributed by atoms with Crippen LogP contribution in [0.1, 0.15) is 17.1 Å². The van der Waals surface area contributed by atoms with Crippen molar-refractivity contribution in [3.63, 3.8) is 0 Å². The lowest BCUT2D eigenvalue weighted by atomic mass is 10.1. The van der Waals surface area contributed by atoms with Gasteiger partial charge in [-0.2, -0.15) is 0 Å². The average Bonchev–Trinajstić information content (AvgIpc) is 2.65. The van der Waals surface area contributed by atoms with Crippen molar-refractivity contribution in [3.8, 4) is 0 Å². The van der Waals surface area contributed by atoms with Crippen LogP contribution in [0.25, 0.3) is 0 Å². The summed E-state index contributed by atoms with van der Waals surface area (Å²) < 4.78 is 18.0. The minimum Gasteiger partial charge on any atom is -0.448 e. The molecular formula is C11H10FNO2. The van der Waals surface area contributed by atoms with Crippen molar-refractivity contribution in [2.75, 3.05) is 0 Å². The molecule has 0 saturated carbocycles. The number of hydrogen-bond donors (Lipinski definition) is 1. The highest BCUT2D eigenvalue weighted by Gasteiger charge is 2.04. The van der Waals surface area contributed by atoms with E-state index in [0.717, 1.165) is 5.56 Å². The van der Waals surface area contributed by atoms with E-state index in [2.05, 4.69) is 4.98 Å². The van der Waals surface area contributed by atoms with E-state index in [9.17, 15) is 4.39 Å². The van der Waals surface area contributed by atoms with Gasteiger partial charge in [0.2, 0.25) is 0 Å². The maximum atomic E-state index is 12.9. The van der Waals surface area contributed by atoms with E-state index < -0.39 is 0 Å². The van der Waals surface area contributed by atoms with Gasteiger partial charge in [0.1, 0.15) is 17.8 Å². The van der Waals surface area contributed by atoms with Crippen LogP contribution < -0.4 is 0 Å². The molecule has 1 heterocycles. The molecule has 0 aliphatic heterocycles. The summed E-state index contributed by atoms with van der Waals surface area (Å²) in [6.45, 7) is -0.146. The van der Waals surface area contributed by atoms with Crippen molar-refractivity contribution in [1.82, 2.24) is 4.98 Å². The zero-order valence-corrected chi connectivity index (χ0v) is 7.98. The molecule has 0 bridgehead atoms. The summed E-state index contributed by atoms with van der Waals surface area (Å²) in [5.74, 6) is 0.200. The molecule has 1 N–H and O–H groups in total. The van der Waals surface area contributed by atoms with Gasteiger partial charge in [0.25, 0.3) is 0 Å². The lowest BCUT2D eigenvalue weighted by Crippen LogP contribution is -1.90. The first-order valence-corrected chi connectivity index (χ1v) is 4.56. The summed E-state index contributed by atoms with van der Waals surface area (Å²) in [5, 5.41) is 8.78. The molecule has 0 fully saturated rings. The molecule has 15 heavy (non-hydrogen) atoms. The molecule has 2 rings (SSSR count). The van der Waals surface area contributed by atoms with Gasteiger partial charge in [-0.15, -0.1) is 0 Å². The second-order valence-corrected chi connectivity index (χ2v) is 3.20. The molecule has 0 amide bonds. The number of oxazole rings is 1. The Bertz CT molecular complexity index is 453. The fourth-order valence-corrected chi connectivity index (χ4v) is 1.32. The van der Waals surface area contributed by atoms with Gasteiger partial charge in [-0.1, -0.05) is 12.1 Å². The summed E-state index contributed by atoms with van der Waals surface area (Å²) >= 11 is 0. The number of aliphatic hydroxyl groups excluding tert-OH is 1. The van der Waals surface area contributed by atoms with E-state index in [4.69, 9.17) is 9.52 Å². The van der Waals surface area contributed by atoms with Crippen molar-refractivity contribution in [1.29, 1.82) is 0 Å². The molecular weight excluding hydrogens is 197 g/mol. The molecule has 1 aromatic heterocycles. The van der Waals surface area contributed by atoms with Crippen LogP contribution in [0.3, 0.4) is 0 Å². The molecule has 0 aliphatic carbocycles. The maximum Gasteiger partial charge on any atom is 0.198 e. The van der Waals surface area contributed by atoms with E-state index in [1.807, 2.05) is 0 Å². The molecule has 0 saturated heterocycles. The average molecular weight is 207 g/mol. The van der Waals surface area contributed by atoms with Crippen LogP contribution in [0, 0.1) is 5.82 Å². The molecule has 3 nitrogen and oxygen atoms in total. The molecule has 1 aromatic carbocycles. The van der Waals surface area contributed by atoms with Crippen LogP contribution in [0.4, 0.5) is 4.39 Å². The Morgan fingerprint density at radius 3 is 2.93 bits per heavy atom. The van der Waals surface area contributed by atoms with Gasteiger partial charge >= 0.3 is 0 Å². The molecule has 0 spiro atoms. The van der Waals surface area contributed by atoms with E-state index in [0.29, 0.717) is 18.0 Å². The third kappa shape index (κ3) is 2.41. The highest BCUT2D eigenvalue weighted by molar-refractivity contribution is 5.19. The summed E-state index contributed by atoms with van der Waals surface area (Å²) in [7, 11) is 0. The minimum atomic E-state index is -0.276. The number of benzene rings is 1.